The Bertz CT molecular complexity index is 557. The number of hydrogen-bond acceptors (Lipinski definition) is 4. The third kappa shape index (κ3) is 3.47. The Kier molecular flexibility index (Phi) is 5.59. The molecule has 6 heteroatoms. The fourth-order valence-electron chi connectivity index (χ4n) is 3.26. The van der Waals surface area contributed by atoms with Crippen LogP contribution in [0.3, 0.4) is 0 Å². The minimum atomic E-state index is 0.0635. The van der Waals surface area contributed by atoms with Gasteiger partial charge in [0.25, 0.3) is 5.56 Å². The number of halogens is 1. The van der Waals surface area contributed by atoms with Gasteiger partial charge in [-0.1, -0.05) is 19.8 Å². The first-order valence-corrected chi connectivity index (χ1v) is 10.9. The number of aromatic amines is 1. The third-order valence-electron chi connectivity index (χ3n) is 4.37. The van der Waals surface area contributed by atoms with Gasteiger partial charge in [0, 0.05) is 22.7 Å². The number of hydrogen-bond donors (Lipinski definition) is 1. The zero-order valence-corrected chi connectivity index (χ0v) is 16.0. The van der Waals surface area contributed by atoms with Gasteiger partial charge in [-0.15, -0.1) is 11.8 Å². The van der Waals surface area contributed by atoms with E-state index in [4.69, 9.17) is 4.98 Å². The van der Waals surface area contributed by atoms with Crippen molar-refractivity contribution in [2.24, 2.45) is 0 Å². The molecule has 2 fully saturated rings. The smallest absolute Gasteiger partial charge is 0.264 e. The largest absolute Gasteiger partial charge is 0.309 e. The Balaban J connectivity index is 1.96. The van der Waals surface area contributed by atoms with Crippen molar-refractivity contribution in [3.63, 3.8) is 0 Å². The molecule has 1 aromatic heterocycles. The molecule has 3 rings (SSSR count). The fourth-order valence-corrected chi connectivity index (χ4v) is 6.96. The predicted molar refractivity (Wildman–Crippen MR) is 101 cm³/mol. The molecule has 0 aromatic carbocycles. The second-order valence-electron chi connectivity index (χ2n) is 5.74. The maximum Gasteiger partial charge on any atom is 0.264 e. The van der Waals surface area contributed by atoms with E-state index in [0.717, 1.165) is 27.3 Å². The summed E-state index contributed by atoms with van der Waals surface area (Å²) in [5.74, 6) is 3.79. The Labute approximate surface area is 148 Å². The molecule has 1 aliphatic heterocycles. The van der Waals surface area contributed by atoms with Gasteiger partial charge in [0.1, 0.15) is 5.82 Å². The van der Waals surface area contributed by atoms with Gasteiger partial charge in [0.05, 0.1) is 14.5 Å². The Morgan fingerprint density at radius 1 is 1.29 bits per heavy atom. The minimum absolute atomic E-state index is 0.0635. The van der Waals surface area contributed by atoms with Crippen molar-refractivity contribution in [1.82, 2.24) is 9.97 Å². The molecule has 1 saturated heterocycles. The first-order valence-electron chi connectivity index (χ1n) is 7.73. The lowest BCUT2D eigenvalue weighted by molar-refractivity contribution is 0.661. The summed E-state index contributed by atoms with van der Waals surface area (Å²) in [6.07, 6.45) is 6.06. The minimum Gasteiger partial charge on any atom is -0.309 e. The normalized spacial score (nSPS) is 27.1. The van der Waals surface area contributed by atoms with Crippen molar-refractivity contribution < 1.29 is 0 Å². The van der Waals surface area contributed by atoms with E-state index in [1.54, 1.807) is 0 Å². The average molecular weight is 436 g/mol. The van der Waals surface area contributed by atoms with E-state index in [1.807, 2.05) is 23.5 Å². The van der Waals surface area contributed by atoms with Crippen LogP contribution in [0.4, 0.5) is 0 Å². The van der Waals surface area contributed by atoms with Gasteiger partial charge in [-0.25, -0.2) is 4.98 Å². The molecule has 0 bridgehead atoms. The van der Waals surface area contributed by atoms with Crippen molar-refractivity contribution in [2.45, 2.75) is 55.4 Å². The highest BCUT2D eigenvalue weighted by molar-refractivity contribution is 14.1. The van der Waals surface area contributed by atoms with E-state index < -0.39 is 0 Å². The molecule has 2 aliphatic rings. The molecule has 21 heavy (non-hydrogen) atoms. The summed E-state index contributed by atoms with van der Waals surface area (Å²) in [4.78, 5) is 20.3. The maximum atomic E-state index is 12.3. The van der Waals surface area contributed by atoms with E-state index in [0.29, 0.717) is 16.4 Å². The van der Waals surface area contributed by atoms with Crippen molar-refractivity contribution in [3.05, 3.63) is 25.4 Å². The van der Waals surface area contributed by atoms with Crippen LogP contribution >= 0.6 is 46.1 Å². The van der Waals surface area contributed by atoms with Crippen LogP contribution < -0.4 is 5.56 Å². The molecule has 1 saturated carbocycles. The van der Waals surface area contributed by atoms with Gasteiger partial charge in [0.2, 0.25) is 0 Å². The first-order chi connectivity index (χ1) is 10.2. The molecule has 0 radical (unpaired) electrons. The van der Waals surface area contributed by atoms with E-state index >= 15 is 0 Å². The zero-order chi connectivity index (χ0) is 14.8. The molecule has 0 spiro atoms. The Hall–Kier alpha value is 0.310. The van der Waals surface area contributed by atoms with Gasteiger partial charge in [-0.05, 0) is 41.9 Å². The standard InChI is InChI=1S/C15H21IN2OS2/c1-2-10-13(21-8-7-20-10)14-17-12(9-5-3-4-6-9)11(16)15(19)18-14/h9-10,13H,2-8H2,1H3,(H,17,18,19). The lowest BCUT2D eigenvalue weighted by atomic mass is 10.0. The second-order valence-corrected chi connectivity index (χ2v) is 9.42. The molecular formula is C15H21IN2OS2. The quantitative estimate of drug-likeness (QED) is 0.717. The van der Waals surface area contributed by atoms with Crippen LogP contribution in [0.5, 0.6) is 0 Å². The summed E-state index contributed by atoms with van der Waals surface area (Å²) in [7, 11) is 0. The van der Waals surface area contributed by atoms with Crippen LogP contribution in [0.1, 0.15) is 61.7 Å². The molecule has 3 nitrogen and oxygen atoms in total. The number of thioether (sulfide) groups is 2. The number of aromatic nitrogens is 2. The van der Waals surface area contributed by atoms with Gasteiger partial charge in [-0.2, -0.15) is 11.8 Å². The molecule has 1 aliphatic carbocycles. The summed E-state index contributed by atoms with van der Waals surface area (Å²) in [6, 6.07) is 0. The molecule has 0 amide bonds. The van der Waals surface area contributed by atoms with Crippen LogP contribution in [0, 0.1) is 3.57 Å². The van der Waals surface area contributed by atoms with Crippen LogP contribution in [0.25, 0.3) is 0 Å². The van der Waals surface area contributed by atoms with Gasteiger partial charge < -0.3 is 4.98 Å². The van der Waals surface area contributed by atoms with Crippen LogP contribution in [0.15, 0.2) is 4.79 Å². The molecule has 2 atom stereocenters. The monoisotopic (exact) mass is 436 g/mol. The molecule has 1 N–H and O–H groups in total. The van der Waals surface area contributed by atoms with E-state index in [-0.39, 0.29) is 5.56 Å². The van der Waals surface area contributed by atoms with E-state index in [1.165, 1.54) is 31.4 Å². The van der Waals surface area contributed by atoms with E-state index in [2.05, 4.69) is 34.5 Å². The zero-order valence-electron chi connectivity index (χ0n) is 12.2. The van der Waals surface area contributed by atoms with Gasteiger partial charge >= 0.3 is 0 Å². The predicted octanol–water partition coefficient (Wildman–Crippen LogP) is 4.33. The van der Waals surface area contributed by atoms with Crippen LogP contribution in [-0.4, -0.2) is 26.7 Å². The lowest BCUT2D eigenvalue weighted by Gasteiger charge is -2.29. The Morgan fingerprint density at radius 2 is 2.00 bits per heavy atom. The van der Waals surface area contributed by atoms with E-state index in [9.17, 15) is 4.79 Å². The van der Waals surface area contributed by atoms with Crippen LogP contribution in [-0.2, 0) is 0 Å². The lowest BCUT2D eigenvalue weighted by Crippen LogP contribution is -2.26. The van der Waals surface area contributed by atoms with Crippen LogP contribution in [0.2, 0.25) is 0 Å². The van der Waals surface area contributed by atoms with Gasteiger partial charge in [-0.3, -0.25) is 4.79 Å². The number of rotatable bonds is 3. The second kappa shape index (κ2) is 7.25. The summed E-state index contributed by atoms with van der Waals surface area (Å²) < 4.78 is 0.810. The summed E-state index contributed by atoms with van der Waals surface area (Å²) in [5, 5.41) is 0.919. The topological polar surface area (TPSA) is 45.8 Å². The highest BCUT2D eigenvalue weighted by Gasteiger charge is 2.30. The Morgan fingerprint density at radius 3 is 2.71 bits per heavy atom. The van der Waals surface area contributed by atoms with Crippen molar-refractivity contribution in [3.8, 4) is 0 Å². The summed E-state index contributed by atoms with van der Waals surface area (Å²) in [6.45, 7) is 2.24. The summed E-state index contributed by atoms with van der Waals surface area (Å²) >= 11 is 6.17. The fraction of sp³-hybridized carbons (Fsp3) is 0.733. The van der Waals surface area contributed by atoms with Crippen molar-refractivity contribution >= 4 is 46.1 Å². The number of nitrogens with zero attached hydrogens (tertiary/aromatic N) is 1. The van der Waals surface area contributed by atoms with Crippen molar-refractivity contribution in [1.29, 1.82) is 0 Å². The molecular weight excluding hydrogens is 415 g/mol. The SMILES string of the molecule is CCC1SCCSC1c1nc(C2CCCC2)c(I)c(=O)[nH]1. The highest BCUT2D eigenvalue weighted by atomic mass is 127. The highest BCUT2D eigenvalue weighted by Crippen LogP contribution is 2.43. The third-order valence-corrected chi connectivity index (χ3v) is 8.67. The summed E-state index contributed by atoms with van der Waals surface area (Å²) in [5.41, 5.74) is 1.13. The van der Waals surface area contributed by atoms with Gasteiger partial charge in [0.15, 0.2) is 0 Å². The first kappa shape index (κ1) is 16.2. The molecule has 1 aromatic rings. The van der Waals surface area contributed by atoms with Crippen molar-refractivity contribution in [2.75, 3.05) is 11.5 Å². The average Bonchev–Trinajstić information content (AvgIpc) is 3.04. The number of nitrogens with one attached hydrogen (secondary N) is 1. The molecule has 2 unspecified atom stereocenters. The molecule has 2 heterocycles. The number of H-pyrrole nitrogens is 1. The maximum absolute atomic E-state index is 12.3. The molecule has 116 valence electrons.